The van der Waals surface area contributed by atoms with Crippen molar-refractivity contribution in [2.24, 2.45) is 10.9 Å². The fraction of sp³-hybridized carbons (Fsp3) is 0.160. The highest BCUT2D eigenvalue weighted by Crippen LogP contribution is 2.21. The number of nitrogens with one attached hydrogen (secondary N) is 5. The van der Waals surface area contributed by atoms with Crippen molar-refractivity contribution >= 4 is 36.9 Å². The molecule has 0 saturated carbocycles. The molecule has 486 valence electrons. The van der Waals surface area contributed by atoms with Gasteiger partial charge in [-0.25, -0.2) is 35.9 Å². The van der Waals surface area contributed by atoms with Crippen molar-refractivity contribution in [1.29, 1.82) is 0 Å². The van der Waals surface area contributed by atoms with Crippen molar-refractivity contribution in [2.45, 2.75) is 71.3 Å². The number of nitrogens with two attached hydrogens (primary N) is 1. The molecule has 1 fully saturated rings. The predicted octanol–water partition coefficient (Wildman–Crippen LogP) is 13.6. The van der Waals surface area contributed by atoms with Crippen LogP contribution in [0.15, 0.2) is 272 Å². The van der Waals surface area contributed by atoms with E-state index in [0.717, 1.165) is 74.3 Å². The van der Waals surface area contributed by atoms with Gasteiger partial charge < -0.3 is 29.0 Å². The van der Waals surface area contributed by atoms with Crippen LogP contribution in [0.1, 0.15) is 64.5 Å². The molecule has 1 aliphatic rings. The minimum absolute atomic E-state index is 0.0303. The fourth-order valence-corrected chi connectivity index (χ4v) is 8.41. The monoisotopic (exact) mass is 1280 g/mol. The van der Waals surface area contributed by atoms with Crippen LogP contribution < -0.4 is 32.9 Å². The van der Waals surface area contributed by atoms with Crippen LogP contribution in [0.3, 0.4) is 0 Å². The number of pyridine rings is 3. The fourth-order valence-electron chi connectivity index (χ4n) is 8.41. The second-order valence-corrected chi connectivity index (χ2v) is 21.7. The first-order chi connectivity index (χ1) is 46.3. The van der Waals surface area contributed by atoms with Crippen molar-refractivity contribution in [2.75, 3.05) is 6.61 Å². The predicted molar refractivity (Wildman–Crippen MR) is 365 cm³/mol. The zero-order chi connectivity index (χ0) is 67.1. The summed E-state index contributed by atoms with van der Waals surface area (Å²) in [7, 11) is 0. The summed E-state index contributed by atoms with van der Waals surface area (Å²) in [5.74, 6) is 4.81. The van der Waals surface area contributed by atoms with Crippen LogP contribution in [0, 0.1) is 0 Å². The molecule has 1 saturated heterocycles. The lowest BCUT2D eigenvalue weighted by Gasteiger charge is -2.23. The van der Waals surface area contributed by atoms with E-state index in [0.29, 0.717) is 18.7 Å². The largest absolute Gasteiger partial charge is 0.444 e. The molecule has 0 aliphatic carbocycles. The van der Waals surface area contributed by atoms with Crippen molar-refractivity contribution in [3.63, 3.8) is 0 Å². The minimum Gasteiger partial charge on any atom is -0.444 e. The summed E-state index contributed by atoms with van der Waals surface area (Å²) >= 11 is 0. The molecule has 4 amide bonds. The number of nitrogens with zero attached hydrogens (tertiary/aromatic N) is 4. The smallest absolute Gasteiger partial charge is 0.428 e. The number of hydrazone groups is 1. The number of amides is 4. The number of alkyl carbamates (subject to hydrolysis) is 1. The van der Waals surface area contributed by atoms with Crippen LogP contribution >= 0.6 is 0 Å². The molecular weight excluding hydrogens is 1200 g/mol. The number of hydrogen-bond acceptors (Lipinski definition) is 16. The van der Waals surface area contributed by atoms with Gasteiger partial charge >= 0.3 is 24.4 Å². The third-order valence-corrected chi connectivity index (χ3v) is 13.2. The van der Waals surface area contributed by atoms with Crippen molar-refractivity contribution in [3.8, 4) is 33.8 Å². The van der Waals surface area contributed by atoms with Gasteiger partial charge in [0, 0.05) is 47.4 Å². The Morgan fingerprint density at radius 2 is 0.905 bits per heavy atom. The van der Waals surface area contributed by atoms with E-state index in [-0.39, 0.29) is 38.1 Å². The first kappa shape index (κ1) is 70.7. The number of ether oxygens (including phenoxy) is 5. The summed E-state index contributed by atoms with van der Waals surface area (Å²) in [6, 6.07) is 78.9. The van der Waals surface area contributed by atoms with Crippen LogP contribution in [0.4, 0.5) is 19.2 Å². The lowest BCUT2D eigenvalue weighted by atomic mass is 10.0. The first-order valence-electron chi connectivity index (χ1n) is 30.3. The molecule has 0 unspecified atom stereocenters. The third-order valence-electron chi connectivity index (χ3n) is 13.2. The van der Waals surface area contributed by atoms with Gasteiger partial charge in [-0.15, -0.1) is 0 Å². The van der Waals surface area contributed by atoms with Gasteiger partial charge in [-0.2, -0.15) is 5.10 Å². The highest BCUT2D eigenvalue weighted by atomic mass is 16.6. The van der Waals surface area contributed by atoms with E-state index in [4.69, 9.17) is 29.5 Å². The van der Waals surface area contributed by atoms with Crippen molar-refractivity contribution in [1.82, 2.24) is 42.0 Å². The summed E-state index contributed by atoms with van der Waals surface area (Å²) in [4.78, 5) is 68.8. The molecule has 10 aromatic rings. The zero-order valence-corrected chi connectivity index (χ0v) is 52.9. The molecule has 7 aromatic carbocycles. The standard InChI is InChI=1S/C20H19N3O2.C20H17N3O2.C15H21NO3.C12H9NO.C8H10N2O2/c2*24-20(25-15-17-6-2-1-3-7-17)23-22-14-16-9-11-18(12-10-16)19-8-4-5-13-21-19;1-15(2,3)19-14(17)16-12(13-10-18-13)9-11-7-5-4-6-8-11;14-9-10-4-6-11(7-5-10)12-3-1-2-8-13-12;9-10-8(11)12-6-7-4-2-1-3-5-7/h1-13,22H,14-15H2,(H,23,24);1-14H,15H2,(H,23,24);4-8,12-13H,9-10H2,1-3H3,(H,16,17);1-9H;1-5H,6,9H2,(H,10,11)/b;22-14-;;;/t;;12-,13-;;/m..0../s1. The highest BCUT2D eigenvalue weighted by Gasteiger charge is 2.35. The lowest BCUT2D eigenvalue weighted by molar-refractivity contribution is 0.0494. The maximum atomic E-state index is 11.8. The topological polar surface area (TPSA) is 272 Å². The van der Waals surface area contributed by atoms with E-state index in [1.54, 1.807) is 36.9 Å². The number of carbonyl (C=O) groups excluding carboxylic acids is 5. The molecule has 2 atom stereocenters. The van der Waals surface area contributed by atoms with Gasteiger partial charge in [0.05, 0.1) is 35.9 Å². The van der Waals surface area contributed by atoms with Gasteiger partial charge in [0.2, 0.25) is 0 Å². The molecule has 0 spiro atoms. The molecule has 0 bridgehead atoms. The first-order valence-corrected chi connectivity index (χ1v) is 30.3. The summed E-state index contributed by atoms with van der Waals surface area (Å²) in [6.07, 6.45) is 6.43. The van der Waals surface area contributed by atoms with Gasteiger partial charge in [0.25, 0.3) is 0 Å². The van der Waals surface area contributed by atoms with E-state index >= 15 is 0 Å². The molecule has 3 aromatic heterocycles. The molecule has 20 nitrogen and oxygen atoms in total. The lowest BCUT2D eigenvalue weighted by Crippen LogP contribution is -2.43. The van der Waals surface area contributed by atoms with Crippen molar-refractivity contribution < 1.29 is 47.7 Å². The number of epoxide rings is 1. The average molecular weight is 1280 g/mol. The van der Waals surface area contributed by atoms with Gasteiger partial charge in [0.15, 0.2) is 0 Å². The van der Waals surface area contributed by atoms with E-state index in [9.17, 15) is 24.0 Å². The molecule has 20 heteroatoms. The molecule has 1 aliphatic heterocycles. The van der Waals surface area contributed by atoms with Gasteiger partial charge in [-0.3, -0.25) is 30.6 Å². The van der Waals surface area contributed by atoms with E-state index in [2.05, 4.69) is 41.6 Å². The van der Waals surface area contributed by atoms with Crippen LogP contribution in [0.5, 0.6) is 0 Å². The number of hydrazine groups is 2. The Morgan fingerprint density at radius 3 is 1.31 bits per heavy atom. The minimum atomic E-state index is -0.626. The Morgan fingerprint density at radius 1 is 0.505 bits per heavy atom. The summed E-state index contributed by atoms with van der Waals surface area (Å²) in [5, 5.41) is 6.79. The number of benzene rings is 7. The van der Waals surface area contributed by atoms with E-state index in [1.807, 2.05) is 263 Å². The maximum absolute atomic E-state index is 11.8. The maximum Gasteiger partial charge on any atom is 0.428 e. The Kier molecular flexibility index (Phi) is 29.4. The Hall–Kier alpha value is -11.7. The van der Waals surface area contributed by atoms with Gasteiger partial charge in [0.1, 0.15) is 37.8 Å². The normalized spacial score (nSPS) is 12.0. The number of aromatic nitrogens is 3. The van der Waals surface area contributed by atoms with Crippen LogP contribution in [-0.4, -0.2) is 76.2 Å². The van der Waals surface area contributed by atoms with E-state index in [1.165, 1.54) is 5.56 Å². The second-order valence-electron chi connectivity index (χ2n) is 21.7. The van der Waals surface area contributed by atoms with Gasteiger partial charge in [-0.1, -0.05) is 212 Å². The molecular formula is C75H76N10O10. The van der Waals surface area contributed by atoms with Gasteiger partial charge in [-0.05, 0) is 97.0 Å². The highest BCUT2D eigenvalue weighted by molar-refractivity contribution is 5.82. The average Bonchev–Trinajstić information content (AvgIpc) is 2.34. The molecule has 11 rings (SSSR count). The Balaban J connectivity index is 0.000000172. The third kappa shape index (κ3) is 28.1. The quantitative estimate of drug-likeness (QED) is 0.00835. The second kappa shape index (κ2) is 39.5. The molecule has 95 heavy (non-hydrogen) atoms. The zero-order valence-electron chi connectivity index (χ0n) is 52.9. The van der Waals surface area contributed by atoms with Crippen LogP contribution in [0.25, 0.3) is 33.8 Å². The Labute approximate surface area is 552 Å². The molecule has 0 radical (unpaired) electrons. The van der Waals surface area contributed by atoms with E-state index < -0.39 is 23.9 Å². The molecule has 4 heterocycles. The molecule has 7 N–H and O–H groups in total. The number of carbonyl (C=O) groups is 5. The number of aldehydes is 1. The van der Waals surface area contributed by atoms with Crippen molar-refractivity contribution in [3.05, 3.63) is 306 Å². The summed E-state index contributed by atoms with van der Waals surface area (Å²) in [5.41, 5.74) is 21.6. The SMILES string of the molecule is CC(C)(C)OC(=O)N[C@@H](Cc1ccccc1)[C@@H]1CO1.NNC(=O)OCc1ccccc1.O=C(N/N=C\c1ccc(-c2ccccn2)cc1)OCc1ccccc1.O=C(NNCc1ccc(-c2ccccn2)cc1)OCc1ccccc1.O=Cc1ccc(-c2ccccn2)cc1. The van der Waals surface area contributed by atoms with Crippen LogP contribution in [0.2, 0.25) is 0 Å². The summed E-state index contributed by atoms with van der Waals surface area (Å²) in [6.45, 7) is 7.46. The number of rotatable bonds is 19. The Bertz CT molecular complexity index is 3860. The summed E-state index contributed by atoms with van der Waals surface area (Å²) < 4.78 is 25.5. The number of hydrogen-bond donors (Lipinski definition) is 6. The van der Waals surface area contributed by atoms with Crippen LogP contribution in [-0.2, 0) is 56.5 Å².